The van der Waals surface area contributed by atoms with Gasteiger partial charge in [0.1, 0.15) is 0 Å². The van der Waals surface area contributed by atoms with Gasteiger partial charge in [-0.25, -0.2) is 0 Å². The third-order valence-electron chi connectivity index (χ3n) is 4.73. The van der Waals surface area contributed by atoms with Crippen LogP contribution in [0, 0.1) is 11.3 Å². The molecular formula is C17H34N2. The lowest BCUT2D eigenvalue weighted by molar-refractivity contribution is 0.195. The summed E-state index contributed by atoms with van der Waals surface area (Å²) in [4.78, 5) is 0. The first-order chi connectivity index (χ1) is 8.77. The van der Waals surface area contributed by atoms with Gasteiger partial charge in [0, 0.05) is 17.6 Å². The maximum Gasteiger partial charge on any atom is 0.0132 e. The van der Waals surface area contributed by atoms with Gasteiger partial charge in [-0.15, -0.1) is 0 Å². The lowest BCUT2D eigenvalue weighted by atomic mass is 9.80. The highest BCUT2D eigenvalue weighted by atomic mass is 15.0. The minimum atomic E-state index is 0.254. The molecule has 0 aromatic rings. The van der Waals surface area contributed by atoms with E-state index in [9.17, 15) is 0 Å². The van der Waals surface area contributed by atoms with Crippen LogP contribution < -0.4 is 10.6 Å². The van der Waals surface area contributed by atoms with E-state index in [4.69, 9.17) is 0 Å². The van der Waals surface area contributed by atoms with Gasteiger partial charge in [-0.05, 0) is 63.8 Å². The average molecular weight is 266 g/mol. The van der Waals surface area contributed by atoms with Gasteiger partial charge in [0.15, 0.2) is 0 Å². The van der Waals surface area contributed by atoms with E-state index in [-0.39, 0.29) is 5.54 Å². The van der Waals surface area contributed by atoms with Gasteiger partial charge in [0.05, 0.1) is 0 Å². The van der Waals surface area contributed by atoms with Crippen molar-refractivity contribution in [3.05, 3.63) is 0 Å². The minimum absolute atomic E-state index is 0.254. The van der Waals surface area contributed by atoms with Gasteiger partial charge in [0.2, 0.25) is 0 Å². The van der Waals surface area contributed by atoms with Gasteiger partial charge in [-0.1, -0.05) is 27.2 Å². The number of nitrogens with one attached hydrogen (secondary N) is 2. The van der Waals surface area contributed by atoms with Crippen LogP contribution in [0.5, 0.6) is 0 Å². The Balaban J connectivity index is 1.93. The Bertz CT molecular complexity index is 284. The summed E-state index contributed by atoms with van der Waals surface area (Å²) in [7, 11) is 0. The van der Waals surface area contributed by atoms with Crippen LogP contribution in [0.2, 0.25) is 0 Å². The second kappa shape index (κ2) is 5.73. The molecule has 0 amide bonds. The average Bonchev–Trinajstić information content (AvgIpc) is 2.81. The van der Waals surface area contributed by atoms with E-state index in [1.165, 1.54) is 45.1 Å². The van der Waals surface area contributed by atoms with Gasteiger partial charge in [0.25, 0.3) is 0 Å². The fourth-order valence-corrected chi connectivity index (χ4v) is 4.61. The van der Waals surface area contributed by atoms with E-state index < -0.39 is 0 Å². The zero-order valence-corrected chi connectivity index (χ0v) is 13.7. The van der Waals surface area contributed by atoms with Gasteiger partial charge < -0.3 is 10.6 Å². The van der Waals surface area contributed by atoms with E-state index >= 15 is 0 Å². The summed E-state index contributed by atoms with van der Waals surface area (Å²) in [6.07, 6.45) is 8.20. The molecule has 19 heavy (non-hydrogen) atoms. The van der Waals surface area contributed by atoms with Crippen LogP contribution in [0.15, 0.2) is 0 Å². The normalized spacial score (nSPS) is 33.0. The lowest BCUT2D eigenvalue weighted by Crippen LogP contribution is -2.52. The van der Waals surface area contributed by atoms with Crippen LogP contribution in [0.1, 0.15) is 73.1 Å². The largest absolute Gasteiger partial charge is 0.314 e. The topological polar surface area (TPSA) is 24.1 Å². The van der Waals surface area contributed by atoms with Crippen LogP contribution in [-0.4, -0.2) is 24.2 Å². The Morgan fingerprint density at radius 2 is 1.74 bits per heavy atom. The molecule has 2 rings (SSSR count). The summed E-state index contributed by atoms with van der Waals surface area (Å²) in [6.45, 7) is 13.0. The van der Waals surface area contributed by atoms with Crippen LogP contribution in [0.4, 0.5) is 0 Å². The van der Waals surface area contributed by atoms with Crippen molar-refractivity contribution in [2.75, 3.05) is 6.54 Å². The summed E-state index contributed by atoms with van der Waals surface area (Å²) in [5.41, 5.74) is 0.653. The molecule has 1 saturated heterocycles. The van der Waals surface area contributed by atoms with Crippen LogP contribution >= 0.6 is 0 Å². The first-order valence-corrected chi connectivity index (χ1v) is 8.28. The smallest absolute Gasteiger partial charge is 0.0132 e. The van der Waals surface area contributed by atoms with Gasteiger partial charge in [-0.2, -0.15) is 0 Å². The molecule has 1 aliphatic carbocycles. The predicted molar refractivity (Wildman–Crippen MR) is 83.4 cm³/mol. The van der Waals surface area contributed by atoms with E-state index in [0.717, 1.165) is 18.0 Å². The number of hydrogen-bond donors (Lipinski definition) is 2. The number of rotatable bonds is 4. The summed E-state index contributed by atoms with van der Waals surface area (Å²) in [5.74, 6) is 0.863. The Kier molecular flexibility index (Phi) is 4.62. The van der Waals surface area contributed by atoms with Crippen molar-refractivity contribution in [3.8, 4) is 0 Å². The Labute approximate surface area is 120 Å². The molecule has 0 aromatic carbocycles. The maximum absolute atomic E-state index is 4.00. The molecule has 1 saturated carbocycles. The summed E-state index contributed by atoms with van der Waals surface area (Å²) >= 11 is 0. The lowest BCUT2D eigenvalue weighted by Gasteiger charge is -2.38. The molecule has 2 N–H and O–H groups in total. The first-order valence-electron chi connectivity index (χ1n) is 8.28. The standard InChI is InChI=1S/C17H34N2/c1-16(2,3)12-17(4,5)19-15-9-6-8-13(15)14-10-7-11-18-14/h13-15,18-19H,6-12H2,1-5H3. The molecule has 1 heterocycles. The van der Waals surface area contributed by atoms with Crippen molar-refractivity contribution in [1.29, 1.82) is 0 Å². The molecule has 2 nitrogen and oxygen atoms in total. The molecule has 3 unspecified atom stereocenters. The molecule has 0 bridgehead atoms. The van der Waals surface area contributed by atoms with Crippen molar-refractivity contribution in [3.63, 3.8) is 0 Å². The zero-order valence-electron chi connectivity index (χ0n) is 13.7. The molecule has 0 spiro atoms. The Hall–Kier alpha value is -0.0800. The molecule has 2 fully saturated rings. The maximum atomic E-state index is 4.00. The third kappa shape index (κ3) is 4.46. The van der Waals surface area contributed by atoms with Crippen molar-refractivity contribution in [1.82, 2.24) is 10.6 Å². The SMILES string of the molecule is CC(C)(C)CC(C)(C)NC1CCCC1C1CCCN1. The van der Waals surface area contributed by atoms with E-state index in [1.54, 1.807) is 0 Å². The summed E-state index contributed by atoms with van der Waals surface area (Å²) in [5, 5.41) is 7.72. The fraction of sp³-hybridized carbons (Fsp3) is 1.00. The quantitative estimate of drug-likeness (QED) is 0.810. The van der Waals surface area contributed by atoms with Crippen LogP contribution in [0.3, 0.4) is 0 Å². The van der Waals surface area contributed by atoms with Crippen molar-refractivity contribution in [2.45, 2.75) is 90.8 Å². The highest BCUT2D eigenvalue weighted by molar-refractivity contribution is 4.97. The van der Waals surface area contributed by atoms with Crippen molar-refractivity contribution >= 4 is 0 Å². The molecule has 2 heteroatoms. The van der Waals surface area contributed by atoms with E-state index in [2.05, 4.69) is 45.3 Å². The second-order valence-corrected chi connectivity index (χ2v) is 8.67. The molecule has 3 atom stereocenters. The monoisotopic (exact) mass is 266 g/mol. The molecular weight excluding hydrogens is 232 g/mol. The third-order valence-corrected chi connectivity index (χ3v) is 4.73. The molecule has 2 aliphatic rings. The van der Waals surface area contributed by atoms with E-state index in [1.807, 2.05) is 0 Å². The predicted octanol–water partition coefficient (Wildman–Crippen LogP) is 3.71. The molecule has 112 valence electrons. The van der Waals surface area contributed by atoms with Crippen molar-refractivity contribution < 1.29 is 0 Å². The highest BCUT2D eigenvalue weighted by Gasteiger charge is 2.38. The van der Waals surface area contributed by atoms with E-state index in [0.29, 0.717) is 5.41 Å². The summed E-state index contributed by atoms with van der Waals surface area (Å²) in [6, 6.07) is 1.51. The molecule has 1 aliphatic heterocycles. The van der Waals surface area contributed by atoms with Crippen LogP contribution in [-0.2, 0) is 0 Å². The number of hydrogen-bond acceptors (Lipinski definition) is 2. The first kappa shape index (κ1) is 15.3. The van der Waals surface area contributed by atoms with Gasteiger partial charge >= 0.3 is 0 Å². The van der Waals surface area contributed by atoms with Gasteiger partial charge in [-0.3, -0.25) is 0 Å². The highest BCUT2D eigenvalue weighted by Crippen LogP contribution is 2.35. The minimum Gasteiger partial charge on any atom is -0.314 e. The zero-order chi connectivity index (χ0) is 14.1. The second-order valence-electron chi connectivity index (χ2n) is 8.67. The van der Waals surface area contributed by atoms with Crippen molar-refractivity contribution in [2.24, 2.45) is 11.3 Å². The summed E-state index contributed by atoms with van der Waals surface area (Å²) < 4.78 is 0. The Morgan fingerprint density at radius 3 is 2.32 bits per heavy atom. The fourth-order valence-electron chi connectivity index (χ4n) is 4.61. The Morgan fingerprint density at radius 1 is 1.00 bits per heavy atom. The molecule has 0 aromatic heterocycles. The van der Waals surface area contributed by atoms with Crippen LogP contribution in [0.25, 0.3) is 0 Å². The molecule has 0 radical (unpaired) electrons.